The van der Waals surface area contributed by atoms with Crippen LogP contribution < -0.4 is 19.6 Å². The molecule has 0 radical (unpaired) electrons. The Morgan fingerprint density at radius 3 is 2.30 bits per heavy atom. The summed E-state index contributed by atoms with van der Waals surface area (Å²) in [6.45, 7) is 2.48. The zero-order chi connectivity index (χ0) is 22.8. The van der Waals surface area contributed by atoms with Crippen molar-refractivity contribution < 1.29 is 9.47 Å². The molecule has 0 N–H and O–H groups in total. The number of ether oxygens (including phenoxy) is 2. The smallest absolute Gasteiger partial charge is 0.274 e. The molecule has 5 aromatic rings. The van der Waals surface area contributed by atoms with Gasteiger partial charge in [-0.05, 0) is 30.7 Å². The summed E-state index contributed by atoms with van der Waals surface area (Å²) in [4.78, 5) is 19.1. The first kappa shape index (κ1) is 21.0. The summed E-state index contributed by atoms with van der Waals surface area (Å²) < 4.78 is 13.4. The third-order valence-electron chi connectivity index (χ3n) is 5.34. The van der Waals surface area contributed by atoms with E-state index in [-0.39, 0.29) is 5.56 Å². The summed E-state index contributed by atoms with van der Waals surface area (Å²) in [5, 5.41) is 0. The fourth-order valence-electron chi connectivity index (χ4n) is 3.86. The highest BCUT2D eigenvalue weighted by atomic mass is 32.1. The number of hydrogen-bond donors (Lipinski definition) is 0. The van der Waals surface area contributed by atoms with Crippen LogP contribution in [0, 0.1) is 0 Å². The van der Waals surface area contributed by atoms with Crippen molar-refractivity contribution in [3.05, 3.63) is 99.3 Å². The molecule has 6 heteroatoms. The van der Waals surface area contributed by atoms with Crippen molar-refractivity contribution in [2.75, 3.05) is 13.7 Å². The molecule has 0 amide bonds. The highest BCUT2D eigenvalue weighted by molar-refractivity contribution is 7.15. The third-order valence-corrected chi connectivity index (χ3v) is 6.31. The van der Waals surface area contributed by atoms with Crippen LogP contribution in [-0.2, 0) is 0 Å². The third kappa shape index (κ3) is 3.90. The van der Waals surface area contributed by atoms with E-state index in [2.05, 4.69) is 0 Å². The predicted octanol–water partition coefficient (Wildman–Crippen LogP) is 5.05. The molecule has 0 aliphatic carbocycles. The first-order chi connectivity index (χ1) is 16.2. The molecule has 164 valence electrons. The Hall–Kier alpha value is -3.90. The van der Waals surface area contributed by atoms with Crippen molar-refractivity contribution >= 4 is 22.4 Å². The van der Waals surface area contributed by atoms with Gasteiger partial charge in [-0.15, -0.1) is 0 Å². The van der Waals surface area contributed by atoms with Gasteiger partial charge in [-0.1, -0.05) is 78.1 Å². The number of thiazole rings is 1. The van der Waals surface area contributed by atoms with Gasteiger partial charge in [-0.2, -0.15) is 0 Å². The average Bonchev–Trinajstić information content (AvgIpc) is 3.37. The first-order valence-corrected chi connectivity index (χ1v) is 11.5. The predicted molar refractivity (Wildman–Crippen MR) is 133 cm³/mol. The van der Waals surface area contributed by atoms with Crippen LogP contribution in [0.4, 0.5) is 0 Å². The van der Waals surface area contributed by atoms with Crippen LogP contribution >= 0.6 is 11.3 Å². The van der Waals surface area contributed by atoms with E-state index in [0.717, 1.165) is 28.1 Å². The van der Waals surface area contributed by atoms with E-state index in [1.165, 1.54) is 11.3 Å². The molecule has 0 bridgehead atoms. The molecule has 5 rings (SSSR count). The maximum absolute atomic E-state index is 13.5. The van der Waals surface area contributed by atoms with Crippen LogP contribution in [-0.4, -0.2) is 23.1 Å². The molecule has 0 saturated carbocycles. The number of methoxy groups -OCH3 is 1. The van der Waals surface area contributed by atoms with Crippen molar-refractivity contribution in [2.24, 2.45) is 0 Å². The molecule has 0 unspecified atom stereocenters. The van der Waals surface area contributed by atoms with E-state index in [1.807, 2.05) is 91.9 Å². The summed E-state index contributed by atoms with van der Waals surface area (Å²) in [6.07, 6.45) is 1.87. The molecule has 0 atom stereocenters. The minimum absolute atomic E-state index is 0.0867. The zero-order valence-electron chi connectivity index (χ0n) is 18.3. The normalized spacial score (nSPS) is 11.8. The summed E-state index contributed by atoms with van der Waals surface area (Å²) in [6, 6.07) is 25.5. The maximum Gasteiger partial charge on any atom is 0.274 e. The Morgan fingerprint density at radius 2 is 1.64 bits per heavy atom. The highest BCUT2D eigenvalue weighted by Crippen LogP contribution is 2.32. The largest absolute Gasteiger partial charge is 0.493 e. The monoisotopic (exact) mass is 454 g/mol. The Labute approximate surface area is 195 Å². The Morgan fingerprint density at radius 1 is 0.939 bits per heavy atom. The fraction of sp³-hybridized carbons (Fsp3) is 0.111. The molecule has 33 heavy (non-hydrogen) atoms. The number of aromatic nitrogens is 2. The molecule has 3 aromatic carbocycles. The van der Waals surface area contributed by atoms with Crippen LogP contribution in [0.25, 0.3) is 33.6 Å². The van der Waals surface area contributed by atoms with Crippen LogP contribution in [0.15, 0.2) is 83.7 Å². The molecule has 5 nitrogen and oxygen atoms in total. The van der Waals surface area contributed by atoms with Crippen LogP contribution in [0.5, 0.6) is 11.5 Å². The van der Waals surface area contributed by atoms with E-state index in [4.69, 9.17) is 14.5 Å². The van der Waals surface area contributed by atoms with E-state index in [0.29, 0.717) is 27.6 Å². The molecular formula is C27H22N2O3S. The molecule has 0 fully saturated rings. The Kier molecular flexibility index (Phi) is 5.67. The summed E-state index contributed by atoms with van der Waals surface area (Å²) in [5.41, 5.74) is 4.32. The molecule has 0 aliphatic heterocycles. The highest BCUT2D eigenvalue weighted by Gasteiger charge is 2.20. The molecule has 2 aromatic heterocycles. The fourth-order valence-corrected chi connectivity index (χ4v) is 4.83. The first-order valence-electron chi connectivity index (χ1n) is 10.7. The number of rotatable bonds is 6. The maximum atomic E-state index is 13.5. The molecule has 2 heterocycles. The second kappa shape index (κ2) is 8.92. The van der Waals surface area contributed by atoms with Gasteiger partial charge in [0.25, 0.3) is 5.56 Å². The van der Waals surface area contributed by atoms with Crippen molar-refractivity contribution in [1.82, 2.24) is 9.38 Å². The van der Waals surface area contributed by atoms with Gasteiger partial charge < -0.3 is 9.47 Å². The second-order valence-corrected chi connectivity index (χ2v) is 8.43. The van der Waals surface area contributed by atoms with Gasteiger partial charge in [0.15, 0.2) is 16.5 Å². The van der Waals surface area contributed by atoms with Gasteiger partial charge >= 0.3 is 0 Å². The number of nitrogens with zero attached hydrogens (tertiary/aromatic N) is 2. The minimum Gasteiger partial charge on any atom is -0.493 e. The van der Waals surface area contributed by atoms with Gasteiger partial charge in [0.2, 0.25) is 0 Å². The Balaban J connectivity index is 1.71. The van der Waals surface area contributed by atoms with Gasteiger partial charge in [-0.3, -0.25) is 4.79 Å². The summed E-state index contributed by atoms with van der Waals surface area (Å²) in [5.74, 6) is 1.31. The lowest BCUT2D eigenvalue weighted by Crippen LogP contribution is -2.23. The van der Waals surface area contributed by atoms with Gasteiger partial charge in [-0.25, -0.2) is 9.38 Å². The zero-order valence-corrected chi connectivity index (χ0v) is 19.1. The van der Waals surface area contributed by atoms with Gasteiger partial charge in [0.05, 0.1) is 29.6 Å². The lowest BCUT2D eigenvalue weighted by atomic mass is 10.1. The molecule has 0 aliphatic rings. The van der Waals surface area contributed by atoms with E-state index < -0.39 is 0 Å². The second-order valence-electron chi connectivity index (χ2n) is 7.42. The standard InChI is InChI=1S/C27H22N2O3S/c1-3-32-21-15-14-18(16-22(21)31-2)17-23-26(30)29-25(20-12-8-5-9-13-20)24(28-27(29)33-23)19-10-6-4-7-11-19/h4-17H,3H2,1-2H3/b23-17-. The number of imidazole rings is 1. The minimum atomic E-state index is -0.0867. The lowest BCUT2D eigenvalue weighted by Gasteiger charge is -2.09. The van der Waals surface area contributed by atoms with Crippen molar-refractivity contribution in [3.8, 4) is 34.0 Å². The quantitative estimate of drug-likeness (QED) is 0.361. The topological polar surface area (TPSA) is 52.8 Å². The van der Waals surface area contributed by atoms with Crippen molar-refractivity contribution in [1.29, 1.82) is 0 Å². The van der Waals surface area contributed by atoms with Crippen LogP contribution in [0.2, 0.25) is 0 Å². The van der Waals surface area contributed by atoms with E-state index in [9.17, 15) is 4.79 Å². The number of benzene rings is 3. The van der Waals surface area contributed by atoms with Crippen molar-refractivity contribution in [2.45, 2.75) is 6.92 Å². The molecule has 0 spiro atoms. The summed E-state index contributed by atoms with van der Waals surface area (Å²) in [7, 11) is 1.61. The number of fused-ring (bicyclic) bond motifs is 1. The molecular weight excluding hydrogens is 432 g/mol. The van der Waals surface area contributed by atoms with E-state index in [1.54, 1.807) is 11.5 Å². The number of hydrogen-bond acceptors (Lipinski definition) is 5. The van der Waals surface area contributed by atoms with Crippen LogP contribution in [0.3, 0.4) is 0 Å². The SMILES string of the molecule is CCOc1ccc(/C=c2\sc3nc(-c4ccccc4)c(-c4ccccc4)n3c2=O)cc1OC. The van der Waals surface area contributed by atoms with Gasteiger partial charge in [0, 0.05) is 11.1 Å². The van der Waals surface area contributed by atoms with Crippen LogP contribution in [0.1, 0.15) is 12.5 Å². The van der Waals surface area contributed by atoms with E-state index >= 15 is 0 Å². The average molecular weight is 455 g/mol. The van der Waals surface area contributed by atoms with Gasteiger partial charge in [0.1, 0.15) is 0 Å². The summed E-state index contributed by atoms with van der Waals surface area (Å²) >= 11 is 1.38. The lowest BCUT2D eigenvalue weighted by molar-refractivity contribution is 0.311. The van der Waals surface area contributed by atoms with Crippen molar-refractivity contribution in [3.63, 3.8) is 0 Å². The molecule has 0 saturated heterocycles. The Bertz CT molecular complexity index is 1520.